The number of likely N-dealkylation sites (tertiary alicyclic amines) is 1. The summed E-state index contributed by atoms with van der Waals surface area (Å²) >= 11 is 0. The van der Waals surface area contributed by atoms with Crippen LogP contribution in [0.4, 0.5) is 9.18 Å². The Bertz CT molecular complexity index is 849. The molecule has 1 aliphatic carbocycles. The molecule has 1 amide bonds. The average molecular weight is 476 g/mol. The van der Waals surface area contributed by atoms with Crippen molar-refractivity contribution in [3.63, 3.8) is 0 Å². The third-order valence-corrected chi connectivity index (χ3v) is 7.30. The van der Waals surface area contributed by atoms with Crippen molar-refractivity contribution in [2.45, 2.75) is 85.3 Å². The number of hydrogen-bond acceptors (Lipinski definition) is 4. The first-order valence-electron chi connectivity index (χ1n) is 12.8. The molecule has 0 spiro atoms. The minimum Gasteiger partial charge on any atom is -0.464 e. The highest BCUT2D eigenvalue weighted by molar-refractivity contribution is 5.82. The summed E-state index contributed by atoms with van der Waals surface area (Å²) in [5, 5.41) is 0. The lowest BCUT2D eigenvalue weighted by atomic mass is 9.70. The molecule has 2 fully saturated rings. The number of nitrogens with zero attached hydrogens (tertiary/aromatic N) is 1. The Kier molecular flexibility index (Phi) is 8.64. The Hall–Kier alpha value is -2.11. The topological polar surface area (TPSA) is 55.8 Å². The summed E-state index contributed by atoms with van der Waals surface area (Å²) in [6.45, 7) is 13.0. The summed E-state index contributed by atoms with van der Waals surface area (Å²) in [5.74, 6) is 1.49. The van der Waals surface area contributed by atoms with Crippen LogP contribution in [0.15, 0.2) is 24.3 Å². The second-order valence-corrected chi connectivity index (χ2v) is 11.8. The van der Waals surface area contributed by atoms with Gasteiger partial charge in [0.05, 0.1) is 6.61 Å². The minimum atomic E-state index is -0.674. The van der Waals surface area contributed by atoms with E-state index in [9.17, 15) is 14.0 Å². The molecule has 1 aromatic rings. The molecule has 4 unspecified atom stereocenters. The van der Waals surface area contributed by atoms with Gasteiger partial charge >= 0.3 is 12.1 Å². The zero-order valence-corrected chi connectivity index (χ0v) is 21.7. The van der Waals surface area contributed by atoms with E-state index in [2.05, 4.69) is 20.8 Å². The van der Waals surface area contributed by atoms with E-state index in [0.29, 0.717) is 49.7 Å². The second kappa shape index (κ2) is 11.1. The van der Waals surface area contributed by atoms with Crippen molar-refractivity contribution in [3.05, 3.63) is 35.6 Å². The largest absolute Gasteiger partial charge is 0.464 e. The lowest BCUT2D eigenvalue weighted by molar-refractivity contribution is -0.151. The van der Waals surface area contributed by atoms with Gasteiger partial charge in [-0.05, 0) is 93.7 Å². The number of amides is 1. The highest BCUT2D eigenvalue weighted by Crippen LogP contribution is 2.38. The van der Waals surface area contributed by atoms with E-state index in [0.717, 1.165) is 12.0 Å². The van der Waals surface area contributed by atoms with Crippen molar-refractivity contribution in [1.82, 2.24) is 4.90 Å². The van der Waals surface area contributed by atoms with Gasteiger partial charge in [0.15, 0.2) is 0 Å². The molecular formula is C28H42FNO4. The van der Waals surface area contributed by atoms with Gasteiger partial charge in [-0.25, -0.2) is 14.0 Å². The van der Waals surface area contributed by atoms with Gasteiger partial charge in [-0.3, -0.25) is 4.90 Å². The smallest absolute Gasteiger partial charge is 0.411 e. The molecule has 1 aliphatic heterocycles. The Morgan fingerprint density at radius 3 is 2.56 bits per heavy atom. The Labute approximate surface area is 204 Å². The van der Waals surface area contributed by atoms with Gasteiger partial charge in [0, 0.05) is 6.54 Å². The molecule has 190 valence electrons. The number of carbonyl (C=O) groups is 2. The molecule has 2 aliphatic rings. The summed E-state index contributed by atoms with van der Waals surface area (Å²) < 4.78 is 25.1. The van der Waals surface area contributed by atoms with Crippen LogP contribution in [0.2, 0.25) is 0 Å². The van der Waals surface area contributed by atoms with E-state index in [-0.39, 0.29) is 17.7 Å². The normalized spacial score (nSPS) is 27.6. The molecule has 1 aromatic carbocycles. The number of halogens is 1. The van der Waals surface area contributed by atoms with E-state index in [1.54, 1.807) is 6.07 Å². The zero-order valence-electron chi connectivity index (χ0n) is 21.7. The fourth-order valence-electron chi connectivity index (χ4n) is 5.69. The van der Waals surface area contributed by atoms with Crippen LogP contribution in [0, 0.1) is 35.4 Å². The molecule has 0 N–H and O–H groups in total. The standard InChI is InChI=1S/C28H42FNO4/c1-18(2)24-11-10-19(3)12-22(24)17-33-26(31)25-15-21(13-20-8-7-9-23(29)14-20)16-30(25)27(32)34-28(4,5)6/h7-9,14,18-19,21-22,24-25H,10-13,15-17H2,1-6H3/t19?,21?,22?,24-,25?/m0/s1. The van der Waals surface area contributed by atoms with Gasteiger partial charge in [-0.2, -0.15) is 0 Å². The molecule has 0 radical (unpaired) electrons. The number of hydrogen-bond donors (Lipinski definition) is 0. The molecule has 1 saturated heterocycles. The molecule has 1 heterocycles. The van der Waals surface area contributed by atoms with E-state index in [4.69, 9.17) is 9.47 Å². The molecule has 3 rings (SSSR count). The van der Waals surface area contributed by atoms with Crippen LogP contribution in [-0.4, -0.2) is 41.8 Å². The van der Waals surface area contributed by atoms with Crippen LogP contribution in [0.25, 0.3) is 0 Å². The number of ether oxygens (including phenoxy) is 2. The SMILES string of the molecule is CC1CC[C@@H](C(C)C)C(COC(=O)C2CC(Cc3cccc(F)c3)CN2C(=O)OC(C)(C)C)C1. The van der Waals surface area contributed by atoms with Crippen molar-refractivity contribution < 1.29 is 23.5 Å². The van der Waals surface area contributed by atoms with Gasteiger partial charge in [0.25, 0.3) is 0 Å². The molecule has 0 aromatic heterocycles. The number of benzene rings is 1. The third kappa shape index (κ3) is 7.19. The van der Waals surface area contributed by atoms with E-state index < -0.39 is 17.7 Å². The van der Waals surface area contributed by atoms with Gasteiger partial charge in [0.1, 0.15) is 17.5 Å². The van der Waals surface area contributed by atoms with Crippen molar-refractivity contribution in [1.29, 1.82) is 0 Å². The molecule has 5 atom stereocenters. The van der Waals surface area contributed by atoms with E-state index in [1.165, 1.54) is 29.9 Å². The maximum Gasteiger partial charge on any atom is 0.411 e. The van der Waals surface area contributed by atoms with Gasteiger partial charge in [-0.15, -0.1) is 0 Å². The van der Waals surface area contributed by atoms with Crippen molar-refractivity contribution >= 4 is 12.1 Å². The fourth-order valence-corrected chi connectivity index (χ4v) is 5.69. The summed E-state index contributed by atoms with van der Waals surface area (Å²) in [6.07, 6.45) is 4.05. The van der Waals surface area contributed by atoms with Crippen molar-refractivity contribution in [3.8, 4) is 0 Å². The predicted molar refractivity (Wildman–Crippen MR) is 131 cm³/mol. The predicted octanol–water partition coefficient (Wildman–Crippen LogP) is 6.25. The van der Waals surface area contributed by atoms with Crippen LogP contribution < -0.4 is 0 Å². The third-order valence-electron chi connectivity index (χ3n) is 7.30. The van der Waals surface area contributed by atoms with Crippen LogP contribution in [0.5, 0.6) is 0 Å². The molecule has 0 bridgehead atoms. The molecule has 34 heavy (non-hydrogen) atoms. The monoisotopic (exact) mass is 475 g/mol. The molecule has 6 heteroatoms. The Balaban J connectivity index is 1.69. The lowest BCUT2D eigenvalue weighted by Crippen LogP contribution is -2.44. The maximum absolute atomic E-state index is 13.7. The number of rotatable bonds is 6. The summed E-state index contributed by atoms with van der Waals surface area (Å²) in [6, 6.07) is 5.82. The molecular weight excluding hydrogens is 433 g/mol. The van der Waals surface area contributed by atoms with Crippen molar-refractivity contribution in [2.75, 3.05) is 13.2 Å². The van der Waals surface area contributed by atoms with Crippen LogP contribution in [0.3, 0.4) is 0 Å². The van der Waals surface area contributed by atoms with Gasteiger partial charge < -0.3 is 9.47 Å². The highest BCUT2D eigenvalue weighted by atomic mass is 19.1. The van der Waals surface area contributed by atoms with Crippen LogP contribution in [0.1, 0.15) is 72.8 Å². The van der Waals surface area contributed by atoms with E-state index >= 15 is 0 Å². The minimum absolute atomic E-state index is 0.0324. The quantitative estimate of drug-likeness (QED) is 0.457. The van der Waals surface area contributed by atoms with Crippen LogP contribution >= 0.6 is 0 Å². The second-order valence-electron chi connectivity index (χ2n) is 11.8. The molecule has 5 nitrogen and oxygen atoms in total. The lowest BCUT2D eigenvalue weighted by Gasteiger charge is -2.37. The summed E-state index contributed by atoms with van der Waals surface area (Å²) in [7, 11) is 0. The fraction of sp³-hybridized carbons (Fsp3) is 0.714. The Morgan fingerprint density at radius 2 is 1.91 bits per heavy atom. The Morgan fingerprint density at radius 1 is 1.18 bits per heavy atom. The average Bonchev–Trinajstić information content (AvgIpc) is 3.14. The van der Waals surface area contributed by atoms with Crippen LogP contribution in [-0.2, 0) is 20.7 Å². The first-order valence-corrected chi connectivity index (χ1v) is 12.8. The summed E-state index contributed by atoms with van der Waals surface area (Å²) in [5.41, 5.74) is 0.202. The van der Waals surface area contributed by atoms with Gasteiger partial charge in [0.2, 0.25) is 0 Å². The summed E-state index contributed by atoms with van der Waals surface area (Å²) in [4.78, 5) is 27.7. The zero-order chi connectivity index (χ0) is 25.0. The van der Waals surface area contributed by atoms with E-state index in [1.807, 2.05) is 26.8 Å². The van der Waals surface area contributed by atoms with Crippen molar-refractivity contribution in [2.24, 2.45) is 29.6 Å². The number of esters is 1. The molecule has 1 saturated carbocycles. The maximum atomic E-state index is 13.7. The highest BCUT2D eigenvalue weighted by Gasteiger charge is 2.43. The van der Waals surface area contributed by atoms with Gasteiger partial charge in [-0.1, -0.05) is 39.3 Å². The first-order chi connectivity index (χ1) is 15.9. The number of carbonyl (C=O) groups excluding carboxylic acids is 2. The first kappa shape index (κ1) is 26.5.